The fourth-order valence-electron chi connectivity index (χ4n) is 3.91. The number of rotatable bonds is 2. The monoisotopic (exact) mass is 375 g/mol. The molecule has 1 aliphatic carbocycles. The van der Waals surface area contributed by atoms with Gasteiger partial charge in [-0.3, -0.25) is 4.98 Å². The molecule has 3 heterocycles. The zero-order valence-corrected chi connectivity index (χ0v) is 14.9. The Morgan fingerprint density at radius 3 is 2.78 bits per heavy atom. The summed E-state index contributed by atoms with van der Waals surface area (Å²) < 4.78 is 41.0. The topological polar surface area (TPSA) is 67.9 Å². The quantitative estimate of drug-likeness (QED) is 0.870. The van der Waals surface area contributed by atoms with Crippen molar-refractivity contribution in [3.05, 3.63) is 47.6 Å². The lowest BCUT2D eigenvalue weighted by Gasteiger charge is -2.41. The van der Waals surface area contributed by atoms with E-state index in [9.17, 15) is 13.2 Å². The second-order valence-electron chi connectivity index (χ2n) is 7.18. The van der Waals surface area contributed by atoms with Crippen LogP contribution in [0.1, 0.15) is 18.5 Å². The van der Waals surface area contributed by atoms with E-state index in [1.54, 1.807) is 6.20 Å². The van der Waals surface area contributed by atoms with E-state index in [-0.39, 0.29) is 18.4 Å². The van der Waals surface area contributed by atoms with Gasteiger partial charge in [0, 0.05) is 43.7 Å². The molecule has 0 spiro atoms. The molecule has 2 aromatic rings. The minimum Gasteiger partial charge on any atom is -0.355 e. The van der Waals surface area contributed by atoms with Crippen LogP contribution < -0.4 is 10.6 Å². The highest BCUT2D eigenvalue weighted by Gasteiger charge is 2.38. The van der Waals surface area contributed by atoms with Crippen molar-refractivity contribution in [1.29, 1.82) is 0 Å². The van der Waals surface area contributed by atoms with Crippen LogP contribution in [0.2, 0.25) is 0 Å². The molecule has 2 N–H and O–H groups in total. The molecule has 0 radical (unpaired) electrons. The molecule has 2 aromatic heterocycles. The Labute approximate surface area is 154 Å². The van der Waals surface area contributed by atoms with Gasteiger partial charge >= 0.3 is 0 Å². The van der Waals surface area contributed by atoms with Gasteiger partial charge in [-0.15, -0.1) is 0 Å². The molecule has 4 rings (SSSR count). The number of nitrogens with zero attached hydrogens (tertiary/aromatic N) is 4. The molecule has 1 fully saturated rings. The van der Waals surface area contributed by atoms with Crippen LogP contribution in [0.3, 0.4) is 0 Å². The summed E-state index contributed by atoms with van der Waals surface area (Å²) in [7, 11) is 0. The molecule has 8 heteroatoms. The van der Waals surface area contributed by atoms with Crippen LogP contribution in [-0.2, 0) is 0 Å². The van der Waals surface area contributed by atoms with Crippen molar-refractivity contribution < 1.29 is 13.2 Å². The highest BCUT2D eigenvalue weighted by atomic mass is 19.2. The third-order valence-electron chi connectivity index (χ3n) is 5.34. The fourth-order valence-corrected chi connectivity index (χ4v) is 3.91. The first-order valence-corrected chi connectivity index (χ1v) is 8.94. The SMILES string of the molecule is Cc1cnc2ccc(N3CC[C@H](C4CC(F)=C(F)C=C4F)C(N)C3)nc2n1. The Morgan fingerprint density at radius 1 is 1.19 bits per heavy atom. The van der Waals surface area contributed by atoms with Gasteiger partial charge in [-0.05, 0) is 31.4 Å². The molecule has 0 saturated carbocycles. The van der Waals surface area contributed by atoms with Gasteiger partial charge in [-0.1, -0.05) is 0 Å². The molecule has 142 valence electrons. The molecule has 1 aliphatic heterocycles. The lowest BCUT2D eigenvalue weighted by atomic mass is 9.77. The number of hydrogen-bond donors (Lipinski definition) is 1. The minimum atomic E-state index is -1.12. The number of allylic oxidation sites excluding steroid dienone is 4. The summed E-state index contributed by atoms with van der Waals surface area (Å²) >= 11 is 0. The van der Waals surface area contributed by atoms with Crippen molar-refractivity contribution >= 4 is 17.0 Å². The van der Waals surface area contributed by atoms with Gasteiger partial charge in [0.25, 0.3) is 0 Å². The Balaban J connectivity index is 1.51. The maximum absolute atomic E-state index is 14.2. The Hall–Kier alpha value is -2.48. The lowest BCUT2D eigenvalue weighted by molar-refractivity contribution is 0.225. The van der Waals surface area contributed by atoms with Crippen molar-refractivity contribution in [2.24, 2.45) is 17.6 Å². The molecular weight excluding hydrogens is 355 g/mol. The van der Waals surface area contributed by atoms with Crippen molar-refractivity contribution in [2.75, 3.05) is 18.0 Å². The summed E-state index contributed by atoms with van der Waals surface area (Å²) in [4.78, 5) is 15.3. The third kappa shape index (κ3) is 3.41. The third-order valence-corrected chi connectivity index (χ3v) is 5.34. The molecule has 2 aliphatic rings. The summed E-state index contributed by atoms with van der Waals surface area (Å²) in [6.45, 7) is 2.92. The van der Waals surface area contributed by atoms with Crippen molar-refractivity contribution in [2.45, 2.75) is 25.8 Å². The zero-order chi connectivity index (χ0) is 19.1. The van der Waals surface area contributed by atoms with E-state index >= 15 is 0 Å². The van der Waals surface area contributed by atoms with E-state index in [0.717, 1.165) is 11.5 Å². The summed E-state index contributed by atoms with van der Waals surface area (Å²) in [6, 6.07) is 3.34. The van der Waals surface area contributed by atoms with E-state index in [0.29, 0.717) is 36.8 Å². The number of aromatic nitrogens is 3. The predicted octanol–water partition coefficient (Wildman–Crippen LogP) is 3.51. The van der Waals surface area contributed by atoms with Crippen LogP contribution in [0.4, 0.5) is 19.0 Å². The van der Waals surface area contributed by atoms with Crippen LogP contribution in [-0.4, -0.2) is 34.1 Å². The molecule has 27 heavy (non-hydrogen) atoms. The minimum absolute atomic E-state index is 0.251. The number of piperidine rings is 1. The van der Waals surface area contributed by atoms with Gasteiger partial charge in [-0.2, -0.15) is 0 Å². The first kappa shape index (κ1) is 17.9. The molecular formula is C19H20F3N5. The average Bonchev–Trinajstić information content (AvgIpc) is 2.64. The van der Waals surface area contributed by atoms with Crippen LogP contribution in [0.25, 0.3) is 11.2 Å². The molecule has 0 bridgehead atoms. The van der Waals surface area contributed by atoms with Gasteiger partial charge in [-0.25, -0.2) is 23.1 Å². The van der Waals surface area contributed by atoms with Gasteiger partial charge in [0.2, 0.25) is 0 Å². The maximum Gasteiger partial charge on any atom is 0.180 e. The van der Waals surface area contributed by atoms with Gasteiger partial charge in [0.1, 0.15) is 23.0 Å². The largest absolute Gasteiger partial charge is 0.355 e. The van der Waals surface area contributed by atoms with E-state index in [1.165, 1.54) is 0 Å². The number of fused-ring (bicyclic) bond motifs is 1. The molecule has 2 unspecified atom stereocenters. The van der Waals surface area contributed by atoms with Crippen LogP contribution in [0.5, 0.6) is 0 Å². The number of halogens is 3. The van der Waals surface area contributed by atoms with Crippen LogP contribution >= 0.6 is 0 Å². The van der Waals surface area contributed by atoms with Gasteiger partial charge in [0.15, 0.2) is 11.5 Å². The highest BCUT2D eigenvalue weighted by Crippen LogP contribution is 2.40. The fraction of sp³-hybridized carbons (Fsp3) is 0.421. The number of nitrogens with two attached hydrogens (primary N) is 1. The average molecular weight is 375 g/mol. The smallest absolute Gasteiger partial charge is 0.180 e. The normalized spacial score (nSPS) is 26.5. The van der Waals surface area contributed by atoms with Crippen molar-refractivity contribution in [3.8, 4) is 0 Å². The summed E-state index contributed by atoms with van der Waals surface area (Å²) in [5.41, 5.74) is 8.35. The van der Waals surface area contributed by atoms with Gasteiger partial charge < -0.3 is 10.6 Å². The summed E-state index contributed by atoms with van der Waals surface area (Å²) in [5, 5.41) is 0. The zero-order valence-electron chi connectivity index (χ0n) is 14.9. The lowest BCUT2D eigenvalue weighted by Crippen LogP contribution is -2.51. The van der Waals surface area contributed by atoms with E-state index < -0.39 is 23.4 Å². The maximum atomic E-state index is 14.2. The number of aryl methyl sites for hydroxylation is 1. The van der Waals surface area contributed by atoms with Crippen LogP contribution in [0.15, 0.2) is 41.9 Å². The first-order valence-electron chi connectivity index (χ1n) is 8.94. The molecule has 0 amide bonds. The van der Waals surface area contributed by atoms with E-state index in [2.05, 4.69) is 15.0 Å². The predicted molar refractivity (Wildman–Crippen MR) is 96.9 cm³/mol. The Kier molecular flexibility index (Phi) is 4.59. The molecule has 0 aromatic carbocycles. The van der Waals surface area contributed by atoms with Gasteiger partial charge in [0.05, 0.1) is 5.69 Å². The van der Waals surface area contributed by atoms with Crippen molar-refractivity contribution in [1.82, 2.24) is 15.0 Å². The molecule has 5 nitrogen and oxygen atoms in total. The highest BCUT2D eigenvalue weighted by molar-refractivity contribution is 5.72. The second-order valence-corrected chi connectivity index (χ2v) is 7.18. The summed E-state index contributed by atoms with van der Waals surface area (Å²) in [6.07, 6.45) is 2.64. The number of hydrogen-bond acceptors (Lipinski definition) is 5. The number of pyridine rings is 1. The van der Waals surface area contributed by atoms with E-state index in [1.807, 2.05) is 24.0 Å². The first-order chi connectivity index (χ1) is 12.9. The summed E-state index contributed by atoms with van der Waals surface area (Å²) in [5.74, 6) is -2.88. The van der Waals surface area contributed by atoms with E-state index in [4.69, 9.17) is 5.73 Å². The standard InChI is InChI=1S/C19H20F3N5/c1-10-8-24-17-2-3-18(26-19(17)25-10)27-5-4-11(16(23)9-27)12-6-14(21)15(22)7-13(12)20/h2-3,7-8,11-12,16H,4-6,9,23H2,1H3/t11-,12?,16?/m1/s1. The Bertz CT molecular complexity index is 942. The molecule has 1 saturated heterocycles. The van der Waals surface area contributed by atoms with Crippen molar-refractivity contribution in [3.63, 3.8) is 0 Å². The number of anilines is 1. The van der Waals surface area contributed by atoms with Crippen LogP contribution in [0, 0.1) is 18.8 Å². The molecule has 3 atom stereocenters. The Morgan fingerprint density at radius 2 is 2.00 bits per heavy atom. The second kappa shape index (κ2) is 6.92.